The van der Waals surface area contributed by atoms with Crippen molar-refractivity contribution in [3.63, 3.8) is 0 Å². The average Bonchev–Trinajstić information content (AvgIpc) is 2.65. The molecule has 0 spiro atoms. The van der Waals surface area contributed by atoms with Crippen LogP contribution in [0.15, 0.2) is 42.5 Å². The summed E-state index contributed by atoms with van der Waals surface area (Å²) in [5, 5.41) is 13.1. The lowest BCUT2D eigenvalue weighted by molar-refractivity contribution is -0.384. The zero-order valence-electron chi connectivity index (χ0n) is 15.3. The van der Waals surface area contributed by atoms with Crippen LogP contribution in [0.4, 0.5) is 30.2 Å². The third-order valence-corrected chi connectivity index (χ3v) is 3.75. The van der Waals surface area contributed by atoms with Gasteiger partial charge in [0, 0.05) is 25.8 Å². The van der Waals surface area contributed by atoms with Crippen molar-refractivity contribution in [3.05, 3.63) is 63.7 Å². The second-order valence-electron chi connectivity index (χ2n) is 6.05. The van der Waals surface area contributed by atoms with E-state index in [1.165, 1.54) is 12.1 Å². The summed E-state index contributed by atoms with van der Waals surface area (Å²) in [7, 11) is 3.64. The number of hydrogen-bond donors (Lipinski definition) is 1. The summed E-state index contributed by atoms with van der Waals surface area (Å²) >= 11 is 0. The van der Waals surface area contributed by atoms with E-state index in [1.807, 2.05) is 19.0 Å². The van der Waals surface area contributed by atoms with Crippen molar-refractivity contribution in [2.24, 2.45) is 0 Å². The predicted octanol–water partition coefficient (Wildman–Crippen LogP) is 3.48. The number of hydrogen-bond acceptors (Lipinski definition) is 6. The van der Waals surface area contributed by atoms with Crippen molar-refractivity contribution in [2.75, 3.05) is 30.9 Å². The molecule has 2 aromatic carbocycles. The van der Waals surface area contributed by atoms with Gasteiger partial charge in [0.1, 0.15) is 5.69 Å². The lowest BCUT2D eigenvalue weighted by Crippen LogP contribution is -2.21. The van der Waals surface area contributed by atoms with Crippen molar-refractivity contribution in [3.8, 4) is 0 Å². The Balaban J connectivity index is 2.03. The number of nitrogens with zero attached hydrogens (tertiary/aromatic N) is 2. The van der Waals surface area contributed by atoms with Crippen molar-refractivity contribution < 1.29 is 32.4 Å². The number of nitrogens with one attached hydrogen (secondary N) is 1. The van der Waals surface area contributed by atoms with Gasteiger partial charge in [0.05, 0.1) is 16.1 Å². The number of nitro benzene ring substituents is 1. The van der Waals surface area contributed by atoms with Crippen molar-refractivity contribution in [1.29, 1.82) is 0 Å². The number of halogens is 3. The first-order valence-corrected chi connectivity index (χ1v) is 8.09. The molecule has 0 aliphatic carbocycles. The maximum atomic E-state index is 12.7. The molecule has 11 heteroatoms. The van der Waals surface area contributed by atoms with Gasteiger partial charge in [-0.3, -0.25) is 14.9 Å². The minimum atomic E-state index is -4.77. The van der Waals surface area contributed by atoms with Gasteiger partial charge in [-0.2, -0.15) is 13.2 Å². The minimum absolute atomic E-state index is 0.184. The molecule has 154 valence electrons. The molecule has 0 atom stereocenters. The molecular weight excluding hydrogens is 395 g/mol. The monoisotopic (exact) mass is 411 g/mol. The van der Waals surface area contributed by atoms with Crippen molar-refractivity contribution in [2.45, 2.75) is 6.18 Å². The number of ether oxygens (including phenoxy) is 1. The second kappa shape index (κ2) is 8.59. The lowest BCUT2D eigenvalue weighted by atomic mass is 10.1. The second-order valence-corrected chi connectivity index (χ2v) is 6.05. The Bertz CT molecular complexity index is 927. The number of carbonyl (C=O) groups is 2. The molecule has 8 nitrogen and oxygen atoms in total. The number of nitro groups is 1. The van der Waals surface area contributed by atoms with Crippen LogP contribution >= 0.6 is 0 Å². The average molecular weight is 411 g/mol. The Morgan fingerprint density at radius 3 is 2.28 bits per heavy atom. The maximum Gasteiger partial charge on any atom is 0.416 e. The fourth-order valence-electron chi connectivity index (χ4n) is 2.26. The molecule has 0 fully saturated rings. The van der Waals surface area contributed by atoms with Crippen molar-refractivity contribution >= 4 is 28.9 Å². The van der Waals surface area contributed by atoms with Crippen LogP contribution < -0.4 is 10.2 Å². The minimum Gasteiger partial charge on any atom is -0.452 e. The van der Waals surface area contributed by atoms with Gasteiger partial charge >= 0.3 is 12.1 Å². The van der Waals surface area contributed by atoms with E-state index in [4.69, 9.17) is 4.74 Å². The highest BCUT2D eigenvalue weighted by Gasteiger charge is 2.33. The molecule has 0 bridgehead atoms. The van der Waals surface area contributed by atoms with E-state index in [0.29, 0.717) is 12.1 Å². The van der Waals surface area contributed by atoms with Crippen LogP contribution in [0.25, 0.3) is 0 Å². The van der Waals surface area contributed by atoms with E-state index in [2.05, 4.69) is 5.32 Å². The standard InChI is InChI=1S/C18H16F3N3O5/c1-23(2)13-6-3-11(4-7-13)17(26)29-10-16(25)22-14-8-5-12(18(19,20)21)9-15(14)24(27)28/h3-9H,10H2,1-2H3,(H,22,25). The van der Waals surface area contributed by atoms with Gasteiger partial charge in [0.2, 0.25) is 0 Å². The van der Waals surface area contributed by atoms with Gasteiger partial charge in [-0.15, -0.1) is 0 Å². The van der Waals surface area contributed by atoms with E-state index >= 15 is 0 Å². The predicted molar refractivity (Wildman–Crippen MR) is 97.8 cm³/mol. The number of alkyl halides is 3. The van der Waals surface area contributed by atoms with Gasteiger partial charge in [-0.05, 0) is 36.4 Å². The number of amides is 1. The molecule has 0 aromatic heterocycles. The Labute approximate surface area is 163 Å². The van der Waals surface area contributed by atoms with Crippen LogP contribution in [0.5, 0.6) is 0 Å². The van der Waals surface area contributed by atoms with E-state index in [9.17, 15) is 32.9 Å². The smallest absolute Gasteiger partial charge is 0.416 e. The first-order valence-electron chi connectivity index (χ1n) is 8.09. The SMILES string of the molecule is CN(C)c1ccc(C(=O)OCC(=O)Nc2ccc(C(F)(F)F)cc2[N+](=O)[O-])cc1. The summed E-state index contributed by atoms with van der Waals surface area (Å²) in [6.45, 7) is -0.771. The molecule has 29 heavy (non-hydrogen) atoms. The molecule has 2 aromatic rings. The van der Waals surface area contributed by atoms with Gasteiger partial charge < -0.3 is 15.0 Å². The number of rotatable bonds is 6. The molecule has 0 saturated heterocycles. The van der Waals surface area contributed by atoms with E-state index in [1.54, 1.807) is 12.1 Å². The highest BCUT2D eigenvalue weighted by Crippen LogP contribution is 2.34. The summed E-state index contributed by atoms with van der Waals surface area (Å²) < 4.78 is 42.9. The number of benzene rings is 2. The zero-order chi connectivity index (χ0) is 21.8. The van der Waals surface area contributed by atoms with Crippen LogP contribution in [-0.4, -0.2) is 37.5 Å². The number of anilines is 2. The van der Waals surface area contributed by atoms with E-state index in [-0.39, 0.29) is 5.56 Å². The Hall–Kier alpha value is -3.63. The normalized spacial score (nSPS) is 10.9. The quantitative estimate of drug-likeness (QED) is 0.444. The first kappa shape index (κ1) is 21.7. The molecular formula is C18H16F3N3O5. The summed E-state index contributed by atoms with van der Waals surface area (Å²) in [6.07, 6.45) is -4.77. The summed E-state index contributed by atoms with van der Waals surface area (Å²) in [4.78, 5) is 35.6. The molecule has 0 radical (unpaired) electrons. The lowest BCUT2D eigenvalue weighted by Gasteiger charge is -2.12. The van der Waals surface area contributed by atoms with Crippen LogP contribution in [0.1, 0.15) is 15.9 Å². The van der Waals surface area contributed by atoms with Crippen LogP contribution in [0.3, 0.4) is 0 Å². The highest BCUT2D eigenvalue weighted by atomic mass is 19.4. The molecule has 0 unspecified atom stereocenters. The van der Waals surface area contributed by atoms with E-state index < -0.39 is 46.5 Å². The van der Waals surface area contributed by atoms with E-state index in [0.717, 1.165) is 11.8 Å². The Morgan fingerprint density at radius 1 is 1.14 bits per heavy atom. The highest BCUT2D eigenvalue weighted by molar-refractivity contribution is 5.97. The third kappa shape index (κ3) is 5.67. The summed E-state index contributed by atoms with van der Waals surface area (Å²) in [5.74, 6) is -1.74. The molecule has 0 saturated carbocycles. The first-order chi connectivity index (χ1) is 13.5. The fourth-order valence-corrected chi connectivity index (χ4v) is 2.26. The summed E-state index contributed by atoms with van der Waals surface area (Å²) in [5.41, 5.74) is -1.58. The zero-order valence-corrected chi connectivity index (χ0v) is 15.3. The van der Waals surface area contributed by atoms with Crippen LogP contribution in [0, 0.1) is 10.1 Å². The van der Waals surface area contributed by atoms with Gasteiger partial charge in [0.15, 0.2) is 6.61 Å². The number of esters is 1. The molecule has 1 N–H and O–H groups in total. The van der Waals surface area contributed by atoms with Gasteiger partial charge in [-0.1, -0.05) is 0 Å². The van der Waals surface area contributed by atoms with Gasteiger partial charge in [-0.25, -0.2) is 4.79 Å². The topological polar surface area (TPSA) is 102 Å². The van der Waals surface area contributed by atoms with Crippen LogP contribution in [-0.2, 0) is 15.7 Å². The molecule has 1 amide bonds. The maximum absolute atomic E-state index is 12.7. The fraction of sp³-hybridized carbons (Fsp3) is 0.222. The van der Waals surface area contributed by atoms with Crippen LogP contribution in [0.2, 0.25) is 0 Å². The largest absolute Gasteiger partial charge is 0.452 e. The third-order valence-electron chi connectivity index (χ3n) is 3.75. The molecule has 0 heterocycles. The molecule has 0 aliphatic heterocycles. The summed E-state index contributed by atoms with van der Waals surface area (Å²) in [6, 6.07) is 8.01. The van der Waals surface area contributed by atoms with Crippen molar-refractivity contribution in [1.82, 2.24) is 0 Å². The Kier molecular flexibility index (Phi) is 6.42. The number of carbonyl (C=O) groups excluding carboxylic acids is 2. The molecule has 0 aliphatic rings. The van der Waals surface area contributed by atoms with Gasteiger partial charge in [0.25, 0.3) is 11.6 Å². The Morgan fingerprint density at radius 2 is 1.76 bits per heavy atom. The molecule has 2 rings (SSSR count).